The molecule has 0 spiro atoms. The summed E-state index contributed by atoms with van der Waals surface area (Å²) in [5.74, 6) is 0.695. The molecule has 4 aromatic rings. The maximum atomic E-state index is 13.1. The predicted octanol–water partition coefficient (Wildman–Crippen LogP) is 5.01. The molecule has 1 amide bonds. The van der Waals surface area contributed by atoms with Crippen molar-refractivity contribution in [2.24, 2.45) is 0 Å². The molecule has 1 unspecified atom stereocenters. The van der Waals surface area contributed by atoms with Gasteiger partial charge in [-0.2, -0.15) is 0 Å². The van der Waals surface area contributed by atoms with Crippen LogP contribution in [0.3, 0.4) is 0 Å². The molecule has 4 rings (SSSR count). The molecule has 0 bridgehead atoms. The number of nitrogens with one attached hydrogen (secondary N) is 1. The van der Waals surface area contributed by atoms with Gasteiger partial charge in [-0.25, -0.2) is 0 Å². The molecule has 0 aliphatic heterocycles. The standard InChI is InChI=1S/C25H29N5O2S/c1-6-14-29-23(32)19-11-7-8-13-20(19)30-24(29)27-28-25(30)33-17(5)22(31)26-21-16(4)10-9-12-18(21)15(2)3/h7-13,15,17H,6,14H2,1-5H3,(H,26,31). The Balaban J connectivity index is 1.70. The third kappa shape index (κ3) is 4.27. The van der Waals surface area contributed by atoms with Crippen LogP contribution >= 0.6 is 11.8 Å². The molecule has 0 fully saturated rings. The van der Waals surface area contributed by atoms with Crippen LogP contribution in [0, 0.1) is 6.92 Å². The van der Waals surface area contributed by atoms with Gasteiger partial charge in [-0.1, -0.05) is 62.9 Å². The Hall–Kier alpha value is -3.13. The first-order valence-corrected chi connectivity index (χ1v) is 12.1. The summed E-state index contributed by atoms with van der Waals surface area (Å²) in [6.45, 7) is 10.7. The number of benzene rings is 2. The first kappa shape index (κ1) is 23.0. The van der Waals surface area contributed by atoms with Gasteiger partial charge in [0.2, 0.25) is 11.7 Å². The van der Waals surface area contributed by atoms with Gasteiger partial charge in [-0.05, 0) is 49.4 Å². The molecule has 0 saturated heterocycles. The van der Waals surface area contributed by atoms with Gasteiger partial charge in [0.25, 0.3) is 5.56 Å². The Morgan fingerprint density at radius 1 is 1.09 bits per heavy atom. The van der Waals surface area contributed by atoms with Gasteiger partial charge in [0.05, 0.1) is 16.2 Å². The predicted molar refractivity (Wildman–Crippen MR) is 134 cm³/mol. The normalized spacial score (nSPS) is 12.5. The minimum atomic E-state index is -0.415. The van der Waals surface area contributed by atoms with Crippen molar-refractivity contribution in [3.8, 4) is 0 Å². The molecule has 0 radical (unpaired) electrons. The van der Waals surface area contributed by atoms with E-state index in [1.165, 1.54) is 11.8 Å². The first-order chi connectivity index (χ1) is 15.8. The number of aryl methyl sites for hydroxylation is 2. The Morgan fingerprint density at radius 3 is 2.58 bits per heavy atom. The maximum Gasteiger partial charge on any atom is 0.262 e. The summed E-state index contributed by atoms with van der Waals surface area (Å²) in [5.41, 5.74) is 3.69. The Bertz CT molecular complexity index is 1390. The zero-order valence-corrected chi connectivity index (χ0v) is 20.4. The second kappa shape index (κ2) is 9.39. The van der Waals surface area contributed by atoms with Crippen molar-refractivity contribution in [3.05, 3.63) is 63.9 Å². The van der Waals surface area contributed by atoms with Crippen molar-refractivity contribution in [3.63, 3.8) is 0 Å². The lowest BCUT2D eigenvalue weighted by Gasteiger charge is -2.18. The van der Waals surface area contributed by atoms with E-state index in [1.54, 1.807) is 4.57 Å². The van der Waals surface area contributed by atoms with Crippen molar-refractivity contribution < 1.29 is 4.79 Å². The van der Waals surface area contributed by atoms with E-state index >= 15 is 0 Å². The van der Waals surface area contributed by atoms with Gasteiger partial charge < -0.3 is 5.32 Å². The average Bonchev–Trinajstić information content (AvgIpc) is 3.21. The highest BCUT2D eigenvalue weighted by molar-refractivity contribution is 8.00. The van der Waals surface area contributed by atoms with Gasteiger partial charge in [0.1, 0.15) is 0 Å². The third-order valence-electron chi connectivity index (χ3n) is 5.75. The van der Waals surface area contributed by atoms with Gasteiger partial charge >= 0.3 is 0 Å². The molecule has 0 saturated carbocycles. The van der Waals surface area contributed by atoms with Gasteiger partial charge in [-0.3, -0.25) is 18.6 Å². The van der Waals surface area contributed by atoms with Crippen LogP contribution in [0.25, 0.3) is 16.7 Å². The highest BCUT2D eigenvalue weighted by Crippen LogP contribution is 2.30. The van der Waals surface area contributed by atoms with Crippen LogP contribution in [0.1, 0.15) is 51.2 Å². The molecule has 8 heteroatoms. The fourth-order valence-corrected chi connectivity index (χ4v) is 4.87. The van der Waals surface area contributed by atoms with E-state index in [2.05, 4.69) is 35.4 Å². The SMILES string of the molecule is CCCn1c(=O)c2ccccc2n2c(SC(C)C(=O)Nc3c(C)cccc3C(C)C)nnc12. The van der Waals surface area contributed by atoms with Crippen LogP contribution in [0.2, 0.25) is 0 Å². The van der Waals surface area contributed by atoms with Crippen molar-refractivity contribution in [1.29, 1.82) is 0 Å². The Kier molecular flexibility index (Phi) is 6.56. The molecule has 0 aliphatic carbocycles. The lowest BCUT2D eigenvalue weighted by molar-refractivity contribution is -0.115. The maximum absolute atomic E-state index is 13.1. The molecule has 2 heterocycles. The molecular weight excluding hydrogens is 434 g/mol. The second-order valence-electron chi connectivity index (χ2n) is 8.54. The molecule has 0 aliphatic rings. The van der Waals surface area contributed by atoms with Crippen molar-refractivity contribution in [2.75, 3.05) is 5.32 Å². The minimum absolute atomic E-state index is 0.0736. The number of amides is 1. The van der Waals surface area contributed by atoms with Crippen LogP contribution in [-0.4, -0.2) is 30.3 Å². The first-order valence-electron chi connectivity index (χ1n) is 11.3. The van der Waals surface area contributed by atoms with E-state index < -0.39 is 5.25 Å². The molecule has 7 nitrogen and oxygen atoms in total. The van der Waals surface area contributed by atoms with Gasteiger partial charge in [-0.15, -0.1) is 10.2 Å². The lowest BCUT2D eigenvalue weighted by atomic mass is 9.98. The number of hydrogen-bond donors (Lipinski definition) is 1. The molecule has 1 N–H and O–H groups in total. The molecule has 2 aromatic carbocycles. The zero-order valence-electron chi connectivity index (χ0n) is 19.6. The summed E-state index contributed by atoms with van der Waals surface area (Å²) in [7, 11) is 0. The summed E-state index contributed by atoms with van der Waals surface area (Å²) in [4.78, 5) is 26.1. The van der Waals surface area contributed by atoms with E-state index in [0.29, 0.717) is 28.8 Å². The minimum Gasteiger partial charge on any atom is -0.325 e. The second-order valence-corrected chi connectivity index (χ2v) is 9.84. The van der Waals surface area contributed by atoms with Crippen LogP contribution in [-0.2, 0) is 11.3 Å². The highest BCUT2D eigenvalue weighted by atomic mass is 32.2. The smallest absolute Gasteiger partial charge is 0.262 e. The number of para-hydroxylation sites is 2. The molecule has 33 heavy (non-hydrogen) atoms. The number of thioether (sulfide) groups is 1. The van der Waals surface area contributed by atoms with Gasteiger partial charge in [0, 0.05) is 12.2 Å². The molecular formula is C25H29N5O2S. The Labute approximate surface area is 197 Å². The summed E-state index contributed by atoms with van der Waals surface area (Å²) in [6, 6.07) is 13.5. The van der Waals surface area contributed by atoms with E-state index in [9.17, 15) is 9.59 Å². The number of nitrogens with zero attached hydrogens (tertiary/aromatic N) is 4. The van der Waals surface area contributed by atoms with Crippen LogP contribution < -0.4 is 10.9 Å². The van der Waals surface area contributed by atoms with Crippen molar-refractivity contribution in [2.45, 2.75) is 63.9 Å². The fourth-order valence-electron chi connectivity index (χ4n) is 4.01. The summed E-state index contributed by atoms with van der Waals surface area (Å²) in [6.07, 6.45) is 0.802. The molecule has 172 valence electrons. The monoisotopic (exact) mass is 463 g/mol. The zero-order chi connectivity index (χ0) is 23.7. The summed E-state index contributed by atoms with van der Waals surface area (Å²) >= 11 is 1.34. The fraction of sp³-hybridized carbons (Fsp3) is 0.360. The van der Waals surface area contributed by atoms with Crippen molar-refractivity contribution >= 4 is 40.0 Å². The molecule has 2 aromatic heterocycles. The lowest BCUT2D eigenvalue weighted by Crippen LogP contribution is -2.25. The van der Waals surface area contributed by atoms with E-state index in [0.717, 1.165) is 28.8 Å². The van der Waals surface area contributed by atoms with E-state index in [1.807, 2.05) is 61.6 Å². The summed E-state index contributed by atoms with van der Waals surface area (Å²) < 4.78 is 3.54. The number of carbonyl (C=O) groups excluding carboxylic acids is 1. The van der Waals surface area contributed by atoms with E-state index in [4.69, 9.17) is 0 Å². The summed E-state index contributed by atoms with van der Waals surface area (Å²) in [5, 5.41) is 12.6. The number of fused-ring (bicyclic) bond motifs is 3. The number of hydrogen-bond acceptors (Lipinski definition) is 5. The average molecular weight is 464 g/mol. The number of rotatable bonds is 7. The van der Waals surface area contributed by atoms with Crippen molar-refractivity contribution in [1.82, 2.24) is 19.2 Å². The number of aromatic nitrogens is 4. The van der Waals surface area contributed by atoms with Crippen LogP contribution in [0.15, 0.2) is 52.4 Å². The van der Waals surface area contributed by atoms with Crippen LogP contribution in [0.4, 0.5) is 5.69 Å². The van der Waals surface area contributed by atoms with E-state index in [-0.39, 0.29) is 11.5 Å². The van der Waals surface area contributed by atoms with Gasteiger partial charge in [0.15, 0.2) is 5.16 Å². The topological polar surface area (TPSA) is 81.3 Å². The quantitative estimate of drug-likeness (QED) is 0.390. The number of anilines is 1. The number of carbonyl (C=O) groups is 1. The Morgan fingerprint density at radius 2 is 1.85 bits per heavy atom. The molecule has 1 atom stereocenters. The highest BCUT2D eigenvalue weighted by Gasteiger charge is 2.22. The van der Waals surface area contributed by atoms with Crippen LogP contribution in [0.5, 0.6) is 0 Å². The largest absolute Gasteiger partial charge is 0.325 e. The third-order valence-corrected chi connectivity index (χ3v) is 6.79.